The van der Waals surface area contributed by atoms with Crippen molar-refractivity contribution in [2.24, 2.45) is 0 Å². The molecule has 0 unspecified atom stereocenters. The Balaban J connectivity index is 1.24. The van der Waals surface area contributed by atoms with Crippen LogP contribution in [0.3, 0.4) is 0 Å². The number of benzene rings is 2. The maximum atomic E-state index is 15.5. The van der Waals surface area contributed by atoms with Crippen molar-refractivity contribution in [2.75, 3.05) is 66.6 Å². The van der Waals surface area contributed by atoms with Crippen LogP contribution in [-0.4, -0.2) is 74.2 Å². The number of aromatic nitrogens is 1. The van der Waals surface area contributed by atoms with Crippen LogP contribution in [0.25, 0.3) is 10.9 Å². The Morgan fingerprint density at radius 1 is 1.10 bits per heavy atom. The Labute approximate surface area is 227 Å². The molecule has 2 fully saturated rings. The largest absolute Gasteiger partial charge is 0.477 e. The fourth-order valence-electron chi connectivity index (χ4n) is 5.62. The van der Waals surface area contributed by atoms with Crippen molar-refractivity contribution in [1.82, 2.24) is 9.99 Å². The minimum atomic E-state index is -1.40. The molecule has 0 radical (unpaired) electrons. The number of carboxylic acid groups (broad SMARTS) is 1. The first-order valence-electron chi connectivity index (χ1n) is 13.1. The van der Waals surface area contributed by atoms with E-state index >= 15 is 8.78 Å². The minimum absolute atomic E-state index is 0.0192. The topological polar surface area (TPSA) is 119 Å². The highest BCUT2D eigenvalue weighted by atomic mass is 19.1. The summed E-state index contributed by atoms with van der Waals surface area (Å²) in [5.74, 6) is -2.58. The molecule has 1 aromatic heterocycles. The lowest BCUT2D eigenvalue weighted by Crippen LogP contribution is -2.47. The Hall–Kier alpha value is -4.39. The minimum Gasteiger partial charge on any atom is -0.477 e. The number of aromatic carboxylic acids is 1. The number of pyridine rings is 1. The normalized spacial score (nSPS) is 18.7. The molecule has 1 atom stereocenters. The van der Waals surface area contributed by atoms with Crippen LogP contribution in [0.2, 0.25) is 0 Å². The SMILES string of the molecule is CN1COc2c(N3CCN(c4ccc(NC(=O)[C@H]5CCCN5)cc4F)CC3)c(F)cc3c(=O)c(C(=O)O)cn1c23. The first-order chi connectivity index (χ1) is 19.2. The number of carboxylic acids is 1. The van der Waals surface area contributed by atoms with Gasteiger partial charge in [0, 0.05) is 45.1 Å². The fraction of sp³-hybridized carbons (Fsp3) is 0.370. The van der Waals surface area contributed by atoms with E-state index in [9.17, 15) is 19.5 Å². The van der Waals surface area contributed by atoms with E-state index in [0.29, 0.717) is 43.1 Å². The van der Waals surface area contributed by atoms with Crippen LogP contribution in [-0.2, 0) is 4.79 Å². The molecule has 0 saturated carbocycles. The molecule has 3 N–H and O–H groups in total. The van der Waals surface area contributed by atoms with Gasteiger partial charge in [0.15, 0.2) is 18.3 Å². The summed E-state index contributed by atoms with van der Waals surface area (Å²) in [7, 11) is 1.66. The molecule has 3 aliphatic rings. The molecule has 4 heterocycles. The molecule has 1 amide bonds. The molecule has 6 rings (SSSR count). The van der Waals surface area contributed by atoms with Gasteiger partial charge in [-0.25, -0.2) is 13.6 Å². The molecular weight excluding hydrogens is 526 g/mol. The third-order valence-corrected chi connectivity index (χ3v) is 7.67. The van der Waals surface area contributed by atoms with Crippen molar-refractivity contribution in [1.29, 1.82) is 0 Å². The van der Waals surface area contributed by atoms with Gasteiger partial charge in [0.2, 0.25) is 11.3 Å². The summed E-state index contributed by atoms with van der Waals surface area (Å²) in [4.78, 5) is 40.4. The van der Waals surface area contributed by atoms with Crippen LogP contribution >= 0.6 is 0 Å². The van der Waals surface area contributed by atoms with Crippen molar-refractivity contribution in [3.63, 3.8) is 0 Å². The lowest BCUT2D eigenvalue weighted by molar-refractivity contribution is -0.117. The van der Waals surface area contributed by atoms with Gasteiger partial charge in [-0.1, -0.05) is 0 Å². The van der Waals surface area contributed by atoms with Gasteiger partial charge in [0.25, 0.3) is 0 Å². The van der Waals surface area contributed by atoms with E-state index in [1.807, 2.05) is 4.90 Å². The standard InChI is InChI=1S/C27H28F2N6O5/c1-32-14-40-25-22-16(24(36)17(27(38)39)13-35(22)32)12-19(29)23(25)34-9-7-33(8-10-34)21-5-4-15(11-18(21)28)31-26(37)20-3-2-6-30-20/h4-5,11-13,20,30H,2-3,6-10,14H2,1H3,(H,31,37)(H,38,39)/t20-/m1/s1. The second-order valence-corrected chi connectivity index (χ2v) is 10.2. The van der Waals surface area contributed by atoms with Crippen LogP contribution in [0.4, 0.5) is 25.8 Å². The highest BCUT2D eigenvalue weighted by Gasteiger charge is 2.31. The van der Waals surface area contributed by atoms with Gasteiger partial charge >= 0.3 is 5.97 Å². The zero-order chi connectivity index (χ0) is 28.1. The summed E-state index contributed by atoms with van der Waals surface area (Å²) < 4.78 is 38.0. The molecule has 40 heavy (non-hydrogen) atoms. The third-order valence-electron chi connectivity index (χ3n) is 7.67. The zero-order valence-corrected chi connectivity index (χ0v) is 21.7. The molecule has 2 aromatic carbocycles. The number of amides is 1. The molecular formula is C27H28F2N6O5. The molecule has 0 aliphatic carbocycles. The van der Waals surface area contributed by atoms with Gasteiger partial charge in [-0.3, -0.25) is 19.3 Å². The van der Waals surface area contributed by atoms with Crippen molar-refractivity contribution < 1.29 is 28.2 Å². The molecule has 0 spiro atoms. The molecule has 210 valence electrons. The van der Waals surface area contributed by atoms with Crippen LogP contribution in [0.15, 0.2) is 35.3 Å². The van der Waals surface area contributed by atoms with Crippen LogP contribution in [0.1, 0.15) is 23.2 Å². The number of anilines is 3. The molecule has 3 aromatic rings. The van der Waals surface area contributed by atoms with E-state index in [2.05, 4.69) is 10.6 Å². The monoisotopic (exact) mass is 554 g/mol. The number of nitrogens with one attached hydrogen (secondary N) is 2. The van der Waals surface area contributed by atoms with E-state index in [1.54, 1.807) is 29.1 Å². The molecule has 13 heteroatoms. The summed E-state index contributed by atoms with van der Waals surface area (Å²) in [6.07, 6.45) is 2.90. The molecule has 11 nitrogen and oxygen atoms in total. The summed E-state index contributed by atoms with van der Waals surface area (Å²) in [5, 5.41) is 16.8. The van der Waals surface area contributed by atoms with Gasteiger partial charge in [0.1, 0.15) is 22.6 Å². The van der Waals surface area contributed by atoms with Crippen molar-refractivity contribution in [2.45, 2.75) is 18.9 Å². The summed E-state index contributed by atoms with van der Waals surface area (Å²) >= 11 is 0. The molecule has 3 aliphatic heterocycles. The Morgan fingerprint density at radius 3 is 2.52 bits per heavy atom. The average molecular weight is 555 g/mol. The van der Waals surface area contributed by atoms with Gasteiger partial charge in [-0.05, 0) is 43.7 Å². The maximum Gasteiger partial charge on any atom is 0.341 e. The second-order valence-electron chi connectivity index (χ2n) is 10.2. The molecule has 2 saturated heterocycles. The number of carbonyl (C=O) groups is 2. The van der Waals surface area contributed by atoms with Gasteiger partial charge in [0.05, 0.1) is 17.1 Å². The summed E-state index contributed by atoms with van der Waals surface area (Å²) in [6.45, 7) is 2.27. The number of rotatable bonds is 5. The highest BCUT2D eigenvalue weighted by Crippen LogP contribution is 2.40. The van der Waals surface area contributed by atoms with E-state index in [4.69, 9.17) is 4.74 Å². The van der Waals surface area contributed by atoms with E-state index < -0.39 is 28.6 Å². The van der Waals surface area contributed by atoms with Gasteiger partial charge in [-0.15, -0.1) is 0 Å². The number of halogens is 2. The average Bonchev–Trinajstić information content (AvgIpc) is 3.47. The van der Waals surface area contributed by atoms with E-state index in [-0.39, 0.29) is 35.5 Å². The maximum absolute atomic E-state index is 15.5. The van der Waals surface area contributed by atoms with Gasteiger partial charge < -0.3 is 30.3 Å². The number of nitrogens with zero attached hydrogens (tertiary/aromatic N) is 4. The third kappa shape index (κ3) is 4.35. The quantitative estimate of drug-likeness (QED) is 0.435. The zero-order valence-electron chi connectivity index (χ0n) is 21.7. The summed E-state index contributed by atoms with van der Waals surface area (Å²) in [5.41, 5.74) is -0.0193. The summed E-state index contributed by atoms with van der Waals surface area (Å²) in [6, 6.07) is 5.38. The lowest BCUT2D eigenvalue weighted by Gasteiger charge is -2.39. The number of carbonyl (C=O) groups excluding carboxylic acids is 1. The Morgan fingerprint density at radius 2 is 1.85 bits per heavy atom. The van der Waals surface area contributed by atoms with Gasteiger partial charge in [-0.2, -0.15) is 0 Å². The van der Waals surface area contributed by atoms with E-state index in [1.165, 1.54) is 16.9 Å². The fourth-order valence-corrected chi connectivity index (χ4v) is 5.62. The van der Waals surface area contributed by atoms with E-state index in [0.717, 1.165) is 25.5 Å². The number of hydrogen-bond donors (Lipinski definition) is 3. The lowest BCUT2D eigenvalue weighted by atomic mass is 10.1. The first-order valence-corrected chi connectivity index (χ1v) is 13.1. The van der Waals surface area contributed by atoms with Crippen LogP contribution in [0.5, 0.6) is 5.75 Å². The Kier molecular flexibility index (Phi) is 6.45. The van der Waals surface area contributed by atoms with Crippen molar-refractivity contribution >= 4 is 39.8 Å². The van der Waals surface area contributed by atoms with Crippen molar-refractivity contribution in [3.05, 3.63) is 57.9 Å². The van der Waals surface area contributed by atoms with Crippen LogP contribution in [0, 0.1) is 11.6 Å². The smallest absolute Gasteiger partial charge is 0.341 e. The van der Waals surface area contributed by atoms with Crippen LogP contribution < -0.4 is 35.6 Å². The highest BCUT2D eigenvalue weighted by molar-refractivity contribution is 5.97. The predicted octanol–water partition coefficient (Wildman–Crippen LogP) is 1.91. The van der Waals surface area contributed by atoms with Crippen molar-refractivity contribution in [3.8, 4) is 5.75 Å². The molecule has 0 bridgehead atoms. The number of ether oxygens (including phenoxy) is 1. The first kappa shape index (κ1) is 25.9. The Bertz CT molecular complexity index is 1580. The second kappa shape index (κ2) is 9.97. The predicted molar refractivity (Wildman–Crippen MR) is 145 cm³/mol. The number of hydrogen-bond acceptors (Lipinski definition) is 8. The number of piperazine rings is 1.